The van der Waals surface area contributed by atoms with Gasteiger partial charge in [0.05, 0.1) is 12.5 Å². The van der Waals surface area contributed by atoms with E-state index in [1.165, 1.54) is 0 Å². The monoisotopic (exact) mass is 304 g/mol. The Balaban J connectivity index is 1.92. The third kappa shape index (κ3) is 3.84. The van der Waals surface area contributed by atoms with E-state index in [4.69, 9.17) is 4.74 Å². The van der Waals surface area contributed by atoms with Crippen LogP contribution in [0.5, 0.6) is 0 Å². The summed E-state index contributed by atoms with van der Waals surface area (Å²) in [4.78, 5) is 36.9. The van der Waals surface area contributed by atoms with Crippen LogP contribution in [0.25, 0.3) is 0 Å². The van der Waals surface area contributed by atoms with Gasteiger partial charge in [-0.05, 0) is 26.0 Å². The molecule has 2 rings (SSSR count). The number of hydrogen-bond acceptors (Lipinski definition) is 4. The molecule has 2 amide bonds. The van der Waals surface area contributed by atoms with Gasteiger partial charge in [0.2, 0.25) is 11.8 Å². The van der Waals surface area contributed by atoms with Crippen molar-refractivity contribution < 1.29 is 19.1 Å². The smallest absolute Gasteiger partial charge is 0.325 e. The highest BCUT2D eigenvalue weighted by Gasteiger charge is 2.35. The van der Waals surface area contributed by atoms with Gasteiger partial charge in [0, 0.05) is 18.7 Å². The minimum atomic E-state index is -0.476. The topological polar surface area (TPSA) is 75.7 Å². The van der Waals surface area contributed by atoms with E-state index in [1.54, 1.807) is 11.8 Å². The largest absolute Gasteiger partial charge is 0.465 e. The molecule has 0 radical (unpaired) electrons. The highest BCUT2D eigenvalue weighted by atomic mass is 16.5. The van der Waals surface area contributed by atoms with E-state index >= 15 is 0 Å². The molecule has 1 aromatic rings. The Kier molecular flexibility index (Phi) is 5.14. The normalized spacial score (nSPS) is 17.5. The first-order valence-corrected chi connectivity index (χ1v) is 7.31. The first kappa shape index (κ1) is 16.0. The highest BCUT2D eigenvalue weighted by Crippen LogP contribution is 2.25. The van der Waals surface area contributed by atoms with E-state index < -0.39 is 11.9 Å². The second-order valence-electron chi connectivity index (χ2n) is 5.26. The number of amides is 2. The molecule has 1 saturated heterocycles. The van der Waals surface area contributed by atoms with Crippen molar-refractivity contribution in [3.05, 3.63) is 29.8 Å². The van der Waals surface area contributed by atoms with Crippen molar-refractivity contribution in [1.82, 2.24) is 5.32 Å². The molecule has 0 aromatic heterocycles. The quantitative estimate of drug-likeness (QED) is 0.824. The van der Waals surface area contributed by atoms with Gasteiger partial charge in [-0.1, -0.05) is 17.7 Å². The summed E-state index contributed by atoms with van der Waals surface area (Å²) < 4.78 is 4.75. The van der Waals surface area contributed by atoms with Crippen LogP contribution in [-0.2, 0) is 19.1 Å². The summed E-state index contributed by atoms with van der Waals surface area (Å²) in [6.45, 7) is 4.12. The number of nitrogens with one attached hydrogen (secondary N) is 1. The molecule has 1 aromatic carbocycles. The van der Waals surface area contributed by atoms with Crippen LogP contribution in [0.4, 0.5) is 5.69 Å². The summed E-state index contributed by atoms with van der Waals surface area (Å²) in [6, 6.07) is 7.59. The summed E-state index contributed by atoms with van der Waals surface area (Å²) in [7, 11) is 0. The van der Waals surface area contributed by atoms with Gasteiger partial charge in [0.15, 0.2) is 0 Å². The number of ether oxygens (including phenoxy) is 1. The lowest BCUT2D eigenvalue weighted by molar-refractivity contribution is -0.143. The summed E-state index contributed by atoms with van der Waals surface area (Å²) in [6.07, 6.45) is 0.155. The number of anilines is 1. The number of hydrogen-bond donors (Lipinski definition) is 1. The molecule has 6 nitrogen and oxygen atoms in total. The average molecular weight is 304 g/mol. The van der Waals surface area contributed by atoms with Gasteiger partial charge >= 0.3 is 5.97 Å². The number of nitrogens with zero attached hydrogens (tertiary/aromatic N) is 1. The van der Waals surface area contributed by atoms with Crippen LogP contribution >= 0.6 is 0 Å². The minimum absolute atomic E-state index is 0.0832. The Morgan fingerprint density at radius 2 is 2.00 bits per heavy atom. The zero-order valence-corrected chi connectivity index (χ0v) is 12.8. The van der Waals surface area contributed by atoms with E-state index in [2.05, 4.69) is 5.32 Å². The number of rotatable bonds is 5. The fourth-order valence-corrected chi connectivity index (χ4v) is 2.37. The summed E-state index contributed by atoms with van der Waals surface area (Å²) in [5.41, 5.74) is 1.90. The molecule has 6 heteroatoms. The van der Waals surface area contributed by atoms with Crippen molar-refractivity contribution in [3.63, 3.8) is 0 Å². The lowest BCUT2D eigenvalue weighted by Gasteiger charge is -2.16. The van der Waals surface area contributed by atoms with Gasteiger partial charge in [-0.25, -0.2) is 0 Å². The molecule has 0 bridgehead atoms. The molecule has 0 spiro atoms. The van der Waals surface area contributed by atoms with E-state index in [0.717, 1.165) is 11.3 Å². The van der Waals surface area contributed by atoms with Crippen molar-refractivity contribution in [1.29, 1.82) is 0 Å². The maximum Gasteiger partial charge on any atom is 0.325 e. The molecule has 118 valence electrons. The second kappa shape index (κ2) is 7.06. The lowest BCUT2D eigenvalue weighted by atomic mass is 10.1. The molecule has 1 atom stereocenters. The first-order chi connectivity index (χ1) is 10.5. The van der Waals surface area contributed by atoms with Crippen molar-refractivity contribution >= 4 is 23.5 Å². The zero-order valence-electron chi connectivity index (χ0n) is 12.8. The maximum atomic E-state index is 12.1. The molecule has 0 unspecified atom stereocenters. The highest BCUT2D eigenvalue weighted by molar-refractivity contribution is 6.00. The third-order valence-corrected chi connectivity index (χ3v) is 3.55. The van der Waals surface area contributed by atoms with Gasteiger partial charge in [-0.15, -0.1) is 0 Å². The molecular formula is C16H20N2O4. The molecule has 1 aliphatic heterocycles. The molecule has 0 saturated carbocycles. The van der Waals surface area contributed by atoms with E-state index in [0.29, 0.717) is 6.54 Å². The van der Waals surface area contributed by atoms with Gasteiger partial charge in [-0.3, -0.25) is 14.4 Å². The van der Waals surface area contributed by atoms with Crippen LogP contribution in [-0.4, -0.2) is 37.5 Å². The lowest BCUT2D eigenvalue weighted by Crippen LogP contribution is -2.36. The van der Waals surface area contributed by atoms with Gasteiger partial charge in [0.25, 0.3) is 0 Å². The van der Waals surface area contributed by atoms with Crippen molar-refractivity contribution in [2.75, 3.05) is 24.6 Å². The average Bonchev–Trinajstić information content (AvgIpc) is 2.88. The number of carbonyl (C=O) groups is 3. The van der Waals surface area contributed by atoms with Crippen molar-refractivity contribution in [2.45, 2.75) is 20.3 Å². The molecular weight excluding hydrogens is 284 g/mol. The predicted molar refractivity (Wildman–Crippen MR) is 81.3 cm³/mol. The number of benzene rings is 1. The SMILES string of the molecule is CCOC(=O)CNC(=O)[C@@H]1CC(=O)N(c2ccc(C)cc2)C1. The van der Waals surface area contributed by atoms with Crippen LogP contribution in [0.15, 0.2) is 24.3 Å². The Morgan fingerprint density at radius 1 is 1.32 bits per heavy atom. The Hall–Kier alpha value is -2.37. The van der Waals surface area contributed by atoms with Crippen LogP contribution in [0, 0.1) is 12.8 Å². The van der Waals surface area contributed by atoms with E-state index in [9.17, 15) is 14.4 Å². The molecule has 22 heavy (non-hydrogen) atoms. The van der Waals surface area contributed by atoms with Crippen LogP contribution in [0.1, 0.15) is 18.9 Å². The van der Waals surface area contributed by atoms with E-state index in [-0.39, 0.29) is 31.4 Å². The van der Waals surface area contributed by atoms with Gasteiger partial charge in [-0.2, -0.15) is 0 Å². The fraction of sp³-hybridized carbons (Fsp3) is 0.438. The summed E-state index contributed by atoms with van der Waals surface area (Å²) in [5.74, 6) is -1.30. The second-order valence-corrected chi connectivity index (χ2v) is 5.26. The van der Waals surface area contributed by atoms with Crippen molar-refractivity contribution in [3.8, 4) is 0 Å². The molecule has 1 N–H and O–H groups in total. The van der Waals surface area contributed by atoms with E-state index in [1.807, 2.05) is 31.2 Å². The Bertz CT molecular complexity index is 568. The zero-order chi connectivity index (χ0) is 16.1. The van der Waals surface area contributed by atoms with Gasteiger partial charge < -0.3 is 15.0 Å². The van der Waals surface area contributed by atoms with Crippen molar-refractivity contribution in [2.24, 2.45) is 5.92 Å². The number of aryl methyl sites for hydroxylation is 1. The Labute approximate surface area is 129 Å². The molecule has 1 aliphatic rings. The number of carbonyl (C=O) groups excluding carboxylic acids is 3. The van der Waals surface area contributed by atoms with Crippen LogP contribution in [0.2, 0.25) is 0 Å². The van der Waals surface area contributed by atoms with Crippen LogP contribution in [0.3, 0.4) is 0 Å². The third-order valence-electron chi connectivity index (χ3n) is 3.55. The maximum absolute atomic E-state index is 12.1. The summed E-state index contributed by atoms with van der Waals surface area (Å²) in [5, 5.41) is 2.52. The summed E-state index contributed by atoms with van der Waals surface area (Å²) >= 11 is 0. The minimum Gasteiger partial charge on any atom is -0.465 e. The fourth-order valence-electron chi connectivity index (χ4n) is 2.37. The molecule has 0 aliphatic carbocycles. The molecule has 1 heterocycles. The molecule has 1 fully saturated rings. The van der Waals surface area contributed by atoms with Gasteiger partial charge in [0.1, 0.15) is 6.54 Å². The number of esters is 1. The Morgan fingerprint density at radius 3 is 2.64 bits per heavy atom. The predicted octanol–water partition coefficient (Wildman–Crippen LogP) is 1.03. The standard InChI is InChI=1S/C16H20N2O4/c1-3-22-15(20)9-17-16(21)12-8-14(19)18(10-12)13-6-4-11(2)5-7-13/h4-7,12H,3,8-10H2,1-2H3,(H,17,21)/t12-/m1/s1. The van der Waals surface area contributed by atoms with Crippen LogP contribution < -0.4 is 10.2 Å². The first-order valence-electron chi connectivity index (χ1n) is 7.31.